The fraction of sp³-hybridized carbons (Fsp3) is 0.389. The molecule has 3 amide bonds. The zero-order valence-corrected chi connectivity index (χ0v) is 15.4. The lowest BCUT2D eigenvalue weighted by atomic mass is 10.2. The third kappa shape index (κ3) is 3.95. The molecule has 0 bridgehead atoms. The van der Waals surface area contributed by atoms with Crippen molar-refractivity contribution in [2.45, 2.75) is 39.4 Å². The molecule has 0 saturated heterocycles. The molecule has 1 aromatic heterocycles. The normalized spacial score (nSPS) is 14.4. The smallest absolute Gasteiger partial charge is 0.322 e. The van der Waals surface area contributed by atoms with Gasteiger partial charge in [0.05, 0.1) is 18.6 Å². The first-order chi connectivity index (χ1) is 13.3. The van der Waals surface area contributed by atoms with E-state index >= 15 is 0 Å². The number of hydrogen-bond acceptors (Lipinski definition) is 3. The number of fused-ring (bicyclic) bond motifs is 1. The SMILES string of the molecule is CC[C@@H](C)NC(=O)c1ncn2c1CN(C(=O)Nc1cc(F)c(F)c(F)c1)CC2. The van der Waals surface area contributed by atoms with Gasteiger partial charge in [0.15, 0.2) is 23.1 Å². The van der Waals surface area contributed by atoms with Crippen molar-refractivity contribution < 1.29 is 22.8 Å². The van der Waals surface area contributed by atoms with Gasteiger partial charge in [-0.05, 0) is 13.3 Å². The Labute approximate surface area is 159 Å². The summed E-state index contributed by atoms with van der Waals surface area (Å²) in [4.78, 5) is 30.4. The summed E-state index contributed by atoms with van der Waals surface area (Å²) in [5.74, 6) is -4.71. The minimum atomic E-state index is -1.60. The predicted octanol–water partition coefficient (Wildman–Crippen LogP) is 2.88. The summed E-state index contributed by atoms with van der Waals surface area (Å²) in [5, 5.41) is 5.17. The number of hydrogen-bond donors (Lipinski definition) is 2. The van der Waals surface area contributed by atoms with Crippen molar-refractivity contribution in [3.8, 4) is 0 Å². The summed E-state index contributed by atoms with van der Waals surface area (Å²) in [7, 11) is 0. The molecule has 3 rings (SSSR count). The van der Waals surface area contributed by atoms with Gasteiger partial charge >= 0.3 is 6.03 Å². The van der Waals surface area contributed by atoms with Crippen LogP contribution in [0.15, 0.2) is 18.5 Å². The van der Waals surface area contributed by atoms with Crippen molar-refractivity contribution in [1.82, 2.24) is 19.8 Å². The summed E-state index contributed by atoms with van der Waals surface area (Å²) in [6, 6.07) is 0.771. The number of carbonyl (C=O) groups is 2. The van der Waals surface area contributed by atoms with Gasteiger partial charge < -0.3 is 20.1 Å². The van der Waals surface area contributed by atoms with Gasteiger partial charge in [-0.2, -0.15) is 0 Å². The van der Waals surface area contributed by atoms with Crippen LogP contribution in [0.2, 0.25) is 0 Å². The van der Waals surface area contributed by atoms with E-state index in [0.717, 1.165) is 6.42 Å². The molecule has 28 heavy (non-hydrogen) atoms. The van der Waals surface area contributed by atoms with E-state index in [1.54, 1.807) is 10.9 Å². The van der Waals surface area contributed by atoms with Gasteiger partial charge in [0.25, 0.3) is 5.91 Å². The van der Waals surface area contributed by atoms with Gasteiger partial charge in [-0.15, -0.1) is 0 Å². The molecule has 150 valence electrons. The molecule has 0 unspecified atom stereocenters. The Balaban J connectivity index is 1.73. The lowest BCUT2D eigenvalue weighted by Crippen LogP contribution is -2.41. The van der Waals surface area contributed by atoms with Gasteiger partial charge in [0, 0.05) is 37.0 Å². The van der Waals surface area contributed by atoms with E-state index in [1.165, 1.54) is 4.90 Å². The first-order valence-corrected chi connectivity index (χ1v) is 8.85. The molecule has 0 fully saturated rings. The van der Waals surface area contributed by atoms with E-state index in [-0.39, 0.29) is 29.9 Å². The Morgan fingerprint density at radius 3 is 2.54 bits per heavy atom. The van der Waals surface area contributed by atoms with Crippen LogP contribution in [0.1, 0.15) is 36.5 Å². The average molecular weight is 395 g/mol. The maximum absolute atomic E-state index is 13.3. The van der Waals surface area contributed by atoms with Crippen molar-refractivity contribution >= 4 is 17.6 Å². The van der Waals surface area contributed by atoms with E-state index < -0.39 is 23.5 Å². The second-order valence-corrected chi connectivity index (χ2v) is 6.62. The predicted molar refractivity (Wildman–Crippen MR) is 95.2 cm³/mol. The summed E-state index contributed by atoms with van der Waals surface area (Å²) < 4.78 is 41.5. The third-order valence-electron chi connectivity index (χ3n) is 4.62. The molecule has 1 aromatic carbocycles. The summed E-state index contributed by atoms with van der Waals surface area (Å²) >= 11 is 0. The molecule has 0 radical (unpaired) electrons. The van der Waals surface area contributed by atoms with Crippen molar-refractivity contribution in [3.63, 3.8) is 0 Å². The number of halogens is 3. The largest absolute Gasteiger partial charge is 0.348 e. The zero-order chi connectivity index (χ0) is 20.4. The minimum Gasteiger partial charge on any atom is -0.348 e. The Kier molecular flexibility index (Phi) is 5.57. The number of urea groups is 1. The van der Waals surface area contributed by atoms with Gasteiger partial charge in [0.2, 0.25) is 0 Å². The molecular formula is C18H20F3N5O2. The van der Waals surface area contributed by atoms with Crippen LogP contribution in [0.5, 0.6) is 0 Å². The first-order valence-electron chi connectivity index (χ1n) is 8.85. The van der Waals surface area contributed by atoms with Crippen molar-refractivity contribution in [3.05, 3.63) is 47.3 Å². The fourth-order valence-electron chi connectivity index (χ4n) is 2.84. The van der Waals surface area contributed by atoms with Crippen LogP contribution >= 0.6 is 0 Å². The van der Waals surface area contributed by atoms with Crippen LogP contribution in [0.3, 0.4) is 0 Å². The molecule has 7 nitrogen and oxygen atoms in total. The van der Waals surface area contributed by atoms with E-state index in [0.29, 0.717) is 30.9 Å². The molecule has 0 spiro atoms. The summed E-state index contributed by atoms with van der Waals surface area (Å²) in [6.07, 6.45) is 2.31. The van der Waals surface area contributed by atoms with Crippen LogP contribution in [0.25, 0.3) is 0 Å². The first kappa shape index (κ1) is 19.7. The maximum atomic E-state index is 13.3. The quantitative estimate of drug-likeness (QED) is 0.782. The van der Waals surface area contributed by atoms with Crippen molar-refractivity contribution in [2.24, 2.45) is 0 Å². The Hall–Kier alpha value is -3.04. The summed E-state index contributed by atoms with van der Waals surface area (Å²) in [6.45, 7) is 4.65. The molecule has 1 atom stereocenters. The zero-order valence-electron chi connectivity index (χ0n) is 15.4. The highest BCUT2D eigenvalue weighted by Gasteiger charge is 2.27. The molecular weight excluding hydrogens is 375 g/mol. The number of aromatic nitrogens is 2. The average Bonchev–Trinajstić information content (AvgIpc) is 3.09. The van der Waals surface area contributed by atoms with E-state index in [9.17, 15) is 22.8 Å². The monoisotopic (exact) mass is 395 g/mol. The van der Waals surface area contributed by atoms with E-state index in [1.807, 2.05) is 13.8 Å². The number of rotatable bonds is 4. The summed E-state index contributed by atoms with van der Waals surface area (Å²) in [5.41, 5.74) is 0.602. The topological polar surface area (TPSA) is 79.3 Å². The minimum absolute atomic E-state index is 0.0175. The van der Waals surface area contributed by atoms with Gasteiger partial charge in [-0.25, -0.2) is 22.9 Å². The number of benzene rings is 1. The molecule has 10 heteroatoms. The van der Waals surface area contributed by atoms with Crippen molar-refractivity contribution in [1.29, 1.82) is 0 Å². The number of nitrogens with zero attached hydrogens (tertiary/aromatic N) is 3. The number of imidazole rings is 1. The Bertz CT molecular complexity index is 892. The third-order valence-corrected chi connectivity index (χ3v) is 4.62. The van der Waals surface area contributed by atoms with Crippen molar-refractivity contribution in [2.75, 3.05) is 11.9 Å². The number of nitrogens with one attached hydrogen (secondary N) is 2. The molecule has 0 aliphatic carbocycles. The second kappa shape index (κ2) is 7.91. The highest BCUT2D eigenvalue weighted by atomic mass is 19.2. The van der Waals surface area contributed by atoms with Crippen LogP contribution in [-0.4, -0.2) is 39.0 Å². The molecule has 2 N–H and O–H groups in total. The van der Waals surface area contributed by atoms with Gasteiger partial charge in [-0.1, -0.05) is 6.92 Å². The van der Waals surface area contributed by atoms with Crippen LogP contribution in [0.4, 0.5) is 23.7 Å². The molecule has 2 aromatic rings. The standard InChI is InChI=1S/C18H20F3N5O2/c1-3-10(2)23-17(27)16-14-8-25(4-5-26(14)9-22-16)18(28)24-11-6-12(19)15(21)13(20)7-11/h6-7,9-10H,3-5,8H2,1-2H3,(H,23,27)(H,24,28)/t10-/m1/s1. The van der Waals surface area contributed by atoms with E-state index in [4.69, 9.17) is 0 Å². The number of anilines is 1. The number of amides is 3. The highest BCUT2D eigenvalue weighted by Crippen LogP contribution is 2.20. The Morgan fingerprint density at radius 2 is 1.89 bits per heavy atom. The molecule has 1 aliphatic heterocycles. The van der Waals surface area contributed by atoms with Crippen LogP contribution < -0.4 is 10.6 Å². The van der Waals surface area contributed by atoms with Crippen LogP contribution in [0, 0.1) is 17.5 Å². The number of carbonyl (C=O) groups excluding carboxylic acids is 2. The maximum Gasteiger partial charge on any atom is 0.322 e. The molecule has 2 heterocycles. The lowest BCUT2D eigenvalue weighted by Gasteiger charge is -2.29. The van der Waals surface area contributed by atoms with Gasteiger partial charge in [-0.3, -0.25) is 4.79 Å². The van der Waals surface area contributed by atoms with Crippen LogP contribution in [-0.2, 0) is 13.1 Å². The molecule has 0 saturated carbocycles. The van der Waals surface area contributed by atoms with Gasteiger partial charge in [0.1, 0.15) is 0 Å². The highest BCUT2D eigenvalue weighted by molar-refractivity contribution is 5.94. The Morgan fingerprint density at radius 1 is 1.21 bits per heavy atom. The fourth-order valence-corrected chi connectivity index (χ4v) is 2.84. The lowest BCUT2D eigenvalue weighted by molar-refractivity contribution is 0.0931. The molecule has 1 aliphatic rings. The second-order valence-electron chi connectivity index (χ2n) is 6.62. The van der Waals surface area contributed by atoms with E-state index in [2.05, 4.69) is 15.6 Å².